The largest absolute Gasteiger partial charge is 0.418 e. The van der Waals surface area contributed by atoms with Gasteiger partial charge in [-0.1, -0.05) is 42.5 Å². The number of nitrogens with zero attached hydrogens (tertiary/aromatic N) is 2. The summed E-state index contributed by atoms with van der Waals surface area (Å²) in [5.74, 6) is -0.778. The molecule has 0 aliphatic rings. The number of carbonyl (C=O) groups is 1. The number of hydrogen-bond donors (Lipinski definition) is 2. The highest BCUT2D eigenvalue weighted by Gasteiger charge is 2.34. The predicted molar refractivity (Wildman–Crippen MR) is 81.2 cm³/mol. The third kappa shape index (κ3) is 3.12. The van der Waals surface area contributed by atoms with Crippen LogP contribution in [0.1, 0.15) is 16.1 Å². The predicted octanol–water partition coefficient (Wildman–Crippen LogP) is 3.74. The number of hydrogen-bond acceptors (Lipinski definition) is 3. The molecule has 2 N–H and O–H groups in total. The zero-order valence-electron chi connectivity index (χ0n) is 12.1. The zero-order valence-corrected chi connectivity index (χ0v) is 12.1. The van der Waals surface area contributed by atoms with E-state index in [1.165, 1.54) is 18.2 Å². The highest BCUT2D eigenvalue weighted by Crippen LogP contribution is 2.34. The van der Waals surface area contributed by atoms with Crippen LogP contribution in [0.25, 0.3) is 11.3 Å². The molecule has 8 heteroatoms. The molecule has 0 saturated carbocycles. The van der Waals surface area contributed by atoms with Crippen LogP contribution in [0.15, 0.2) is 54.6 Å². The van der Waals surface area contributed by atoms with Crippen LogP contribution in [0.3, 0.4) is 0 Å². The molecule has 1 aromatic heterocycles. The van der Waals surface area contributed by atoms with Crippen molar-refractivity contribution >= 4 is 11.6 Å². The summed E-state index contributed by atoms with van der Waals surface area (Å²) in [5, 5.41) is 12.2. The van der Waals surface area contributed by atoms with Crippen molar-refractivity contribution in [2.24, 2.45) is 0 Å². The van der Waals surface area contributed by atoms with Gasteiger partial charge in [-0.05, 0) is 12.1 Å². The van der Waals surface area contributed by atoms with E-state index in [9.17, 15) is 18.0 Å². The van der Waals surface area contributed by atoms with Crippen LogP contribution in [0, 0.1) is 0 Å². The van der Waals surface area contributed by atoms with Crippen LogP contribution < -0.4 is 5.32 Å². The summed E-state index contributed by atoms with van der Waals surface area (Å²) in [5.41, 5.74) is -0.462. The SMILES string of the molecule is O=C(Nc1ccccc1C(F)(F)F)c1n[nH]nc1-c1ccccc1. The minimum absolute atomic E-state index is 0.0850. The van der Waals surface area contributed by atoms with Crippen molar-refractivity contribution in [2.75, 3.05) is 5.32 Å². The fourth-order valence-electron chi connectivity index (χ4n) is 2.21. The lowest BCUT2D eigenvalue weighted by molar-refractivity contribution is -0.136. The van der Waals surface area contributed by atoms with Gasteiger partial charge >= 0.3 is 6.18 Å². The van der Waals surface area contributed by atoms with E-state index in [-0.39, 0.29) is 17.1 Å². The summed E-state index contributed by atoms with van der Waals surface area (Å²) in [7, 11) is 0. The molecule has 0 aliphatic carbocycles. The number of halogens is 3. The maximum absolute atomic E-state index is 13.0. The number of carbonyl (C=O) groups excluding carboxylic acids is 1. The average molecular weight is 332 g/mol. The van der Waals surface area contributed by atoms with Crippen molar-refractivity contribution < 1.29 is 18.0 Å². The third-order valence-corrected chi connectivity index (χ3v) is 3.29. The molecule has 3 rings (SSSR count). The fraction of sp³-hybridized carbons (Fsp3) is 0.0625. The third-order valence-electron chi connectivity index (χ3n) is 3.29. The van der Waals surface area contributed by atoms with Crippen molar-refractivity contribution in [2.45, 2.75) is 6.18 Å². The molecule has 0 aliphatic heterocycles. The Hall–Kier alpha value is -3.16. The van der Waals surface area contributed by atoms with Crippen molar-refractivity contribution in [1.82, 2.24) is 15.4 Å². The quantitative estimate of drug-likeness (QED) is 0.767. The fourth-order valence-corrected chi connectivity index (χ4v) is 2.21. The van der Waals surface area contributed by atoms with Gasteiger partial charge in [-0.2, -0.15) is 28.6 Å². The van der Waals surface area contributed by atoms with Gasteiger partial charge in [0.15, 0.2) is 5.69 Å². The molecule has 0 fully saturated rings. The number of nitrogens with one attached hydrogen (secondary N) is 2. The summed E-state index contributed by atoms with van der Waals surface area (Å²) >= 11 is 0. The number of aromatic nitrogens is 3. The van der Waals surface area contributed by atoms with E-state index >= 15 is 0 Å². The Bertz CT molecular complexity index is 859. The molecular formula is C16H11F3N4O. The summed E-state index contributed by atoms with van der Waals surface area (Å²) in [6, 6.07) is 13.5. The van der Waals surface area contributed by atoms with Crippen LogP contribution in [0.5, 0.6) is 0 Å². The van der Waals surface area contributed by atoms with Crippen molar-refractivity contribution in [3.63, 3.8) is 0 Å². The Labute approximate surface area is 134 Å². The first kappa shape index (κ1) is 15.7. The van der Waals surface area contributed by atoms with E-state index in [1.807, 2.05) is 0 Å². The van der Waals surface area contributed by atoms with Gasteiger partial charge in [0.05, 0.1) is 11.3 Å². The van der Waals surface area contributed by atoms with Gasteiger partial charge in [-0.3, -0.25) is 4.79 Å². The van der Waals surface area contributed by atoms with E-state index in [0.29, 0.717) is 5.56 Å². The molecular weight excluding hydrogens is 321 g/mol. The van der Waals surface area contributed by atoms with Gasteiger partial charge in [-0.25, -0.2) is 0 Å². The number of H-pyrrole nitrogens is 1. The lowest BCUT2D eigenvalue weighted by atomic mass is 10.1. The Morgan fingerprint density at radius 1 is 0.958 bits per heavy atom. The van der Waals surface area contributed by atoms with Crippen LogP contribution in [-0.4, -0.2) is 21.3 Å². The van der Waals surface area contributed by atoms with Gasteiger partial charge in [0.2, 0.25) is 0 Å². The molecule has 122 valence electrons. The van der Waals surface area contributed by atoms with E-state index in [4.69, 9.17) is 0 Å². The van der Waals surface area contributed by atoms with Gasteiger partial charge in [-0.15, -0.1) is 0 Å². The number of anilines is 1. The summed E-state index contributed by atoms with van der Waals surface area (Å²) in [4.78, 5) is 12.3. The first-order valence-corrected chi connectivity index (χ1v) is 6.90. The Morgan fingerprint density at radius 3 is 2.33 bits per heavy atom. The second-order valence-electron chi connectivity index (χ2n) is 4.88. The minimum atomic E-state index is -4.57. The molecule has 1 amide bonds. The molecule has 24 heavy (non-hydrogen) atoms. The van der Waals surface area contributed by atoms with E-state index in [0.717, 1.165) is 6.07 Å². The molecule has 0 saturated heterocycles. The number of alkyl halides is 3. The molecule has 0 spiro atoms. The average Bonchev–Trinajstić information content (AvgIpc) is 3.05. The number of para-hydroxylation sites is 1. The second kappa shape index (κ2) is 6.15. The first-order valence-electron chi connectivity index (χ1n) is 6.90. The van der Waals surface area contributed by atoms with Gasteiger partial charge in [0.25, 0.3) is 5.91 Å². The molecule has 0 bridgehead atoms. The Balaban J connectivity index is 1.92. The van der Waals surface area contributed by atoms with E-state index in [1.54, 1.807) is 30.3 Å². The smallest absolute Gasteiger partial charge is 0.320 e. The second-order valence-corrected chi connectivity index (χ2v) is 4.88. The Kier molecular flexibility index (Phi) is 4.03. The van der Waals surface area contributed by atoms with Crippen molar-refractivity contribution in [1.29, 1.82) is 0 Å². The number of rotatable bonds is 3. The monoisotopic (exact) mass is 332 g/mol. The molecule has 0 radical (unpaired) electrons. The number of aromatic amines is 1. The van der Waals surface area contributed by atoms with Crippen LogP contribution in [0.2, 0.25) is 0 Å². The van der Waals surface area contributed by atoms with Crippen molar-refractivity contribution in [3.8, 4) is 11.3 Å². The molecule has 0 unspecified atom stereocenters. The minimum Gasteiger partial charge on any atom is -0.320 e. The Morgan fingerprint density at radius 2 is 1.62 bits per heavy atom. The lowest BCUT2D eigenvalue weighted by Crippen LogP contribution is -2.17. The molecule has 3 aromatic rings. The van der Waals surface area contributed by atoms with Crippen LogP contribution in [0.4, 0.5) is 18.9 Å². The summed E-state index contributed by atoms with van der Waals surface area (Å²) in [6.45, 7) is 0. The standard InChI is InChI=1S/C16H11F3N4O/c17-16(18,19)11-8-4-5-9-12(11)20-15(24)14-13(21-23-22-14)10-6-2-1-3-7-10/h1-9H,(H,20,24)(H,21,22,23). The summed E-state index contributed by atoms with van der Waals surface area (Å²) < 4.78 is 39.0. The maximum Gasteiger partial charge on any atom is 0.418 e. The van der Waals surface area contributed by atoms with E-state index < -0.39 is 17.6 Å². The first-order chi connectivity index (χ1) is 11.5. The summed E-state index contributed by atoms with van der Waals surface area (Å²) in [6.07, 6.45) is -4.57. The topological polar surface area (TPSA) is 70.7 Å². The normalized spacial score (nSPS) is 11.3. The molecule has 1 heterocycles. The number of amides is 1. The highest BCUT2D eigenvalue weighted by molar-refractivity contribution is 6.06. The van der Waals surface area contributed by atoms with Crippen LogP contribution in [-0.2, 0) is 6.18 Å². The molecule has 0 atom stereocenters. The van der Waals surface area contributed by atoms with Gasteiger partial charge in [0.1, 0.15) is 5.69 Å². The zero-order chi connectivity index (χ0) is 17.2. The highest BCUT2D eigenvalue weighted by atomic mass is 19.4. The van der Waals surface area contributed by atoms with Crippen molar-refractivity contribution in [3.05, 3.63) is 65.9 Å². The maximum atomic E-state index is 13.0. The molecule has 5 nitrogen and oxygen atoms in total. The van der Waals surface area contributed by atoms with Crippen LogP contribution >= 0.6 is 0 Å². The van der Waals surface area contributed by atoms with Gasteiger partial charge in [0, 0.05) is 5.56 Å². The van der Waals surface area contributed by atoms with Gasteiger partial charge < -0.3 is 5.32 Å². The number of benzene rings is 2. The molecule has 2 aromatic carbocycles. The van der Waals surface area contributed by atoms with E-state index in [2.05, 4.69) is 20.7 Å². The lowest BCUT2D eigenvalue weighted by Gasteiger charge is -2.13.